The number of ether oxygens (including phenoxy) is 1. The molecule has 0 aliphatic carbocycles. The van der Waals surface area contributed by atoms with Crippen LogP contribution >= 0.6 is 0 Å². The molecule has 3 rings (SSSR count). The average molecular weight is 356 g/mol. The number of amides is 1. The molecular formula is C18H18N3O5+. The number of carbonyl (C=O) groups is 1. The lowest BCUT2D eigenvalue weighted by Gasteiger charge is -2.10. The zero-order valence-corrected chi connectivity index (χ0v) is 13.7. The molecule has 8 nitrogen and oxygen atoms in total. The smallest absolute Gasteiger partial charge is 0.292 e. The number of rotatable bonds is 4. The van der Waals surface area contributed by atoms with E-state index in [0.29, 0.717) is 16.8 Å². The molecule has 2 aromatic rings. The Morgan fingerprint density at radius 1 is 1.23 bits per heavy atom. The molecule has 26 heavy (non-hydrogen) atoms. The largest absolute Gasteiger partial charge is 0.394 e. The number of nitrogens with zero attached hydrogens (tertiary/aromatic N) is 2. The summed E-state index contributed by atoms with van der Waals surface area (Å²) in [4.78, 5) is 12.4. The number of anilines is 1. The first-order chi connectivity index (χ1) is 12.5. The molecule has 1 aliphatic heterocycles. The summed E-state index contributed by atoms with van der Waals surface area (Å²) in [7, 11) is 0. The number of nitriles is 1. The number of hydrogen-bond donors (Lipinski definition) is 4. The van der Waals surface area contributed by atoms with Gasteiger partial charge in [0, 0.05) is 11.8 Å². The normalized spacial score (nSPS) is 24.8. The van der Waals surface area contributed by atoms with Crippen LogP contribution in [0.2, 0.25) is 0 Å². The van der Waals surface area contributed by atoms with Gasteiger partial charge in [-0.1, -0.05) is 0 Å². The second-order valence-electron chi connectivity index (χ2n) is 5.91. The van der Waals surface area contributed by atoms with Gasteiger partial charge in [0.2, 0.25) is 0 Å². The van der Waals surface area contributed by atoms with E-state index in [1.54, 1.807) is 42.6 Å². The number of pyridine rings is 1. The van der Waals surface area contributed by atoms with Gasteiger partial charge in [0.05, 0.1) is 18.2 Å². The number of aliphatic hydroxyl groups excluding tert-OH is 3. The number of aliphatic hydroxyl groups is 3. The minimum absolute atomic E-state index is 0.314. The highest BCUT2D eigenvalue weighted by atomic mass is 16.6. The molecule has 1 saturated heterocycles. The maximum absolute atomic E-state index is 12.4. The summed E-state index contributed by atoms with van der Waals surface area (Å²) >= 11 is 0. The van der Waals surface area contributed by atoms with Crippen LogP contribution in [-0.2, 0) is 4.74 Å². The molecule has 1 amide bonds. The Bertz CT molecular complexity index is 833. The Morgan fingerprint density at radius 2 is 1.96 bits per heavy atom. The third-order valence-corrected chi connectivity index (χ3v) is 4.17. The lowest BCUT2D eigenvalue weighted by atomic mass is 10.1. The first-order valence-corrected chi connectivity index (χ1v) is 7.98. The summed E-state index contributed by atoms with van der Waals surface area (Å²) < 4.78 is 6.92. The summed E-state index contributed by atoms with van der Waals surface area (Å²) in [6.45, 7) is -0.422. The summed E-state index contributed by atoms with van der Waals surface area (Å²) in [6.07, 6.45) is -1.16. The summed E-state index contributed by atoms with van der Waals surface area (Å²) in [6, 6.07) is 11.7. The van der Waals surface area contributed by atoms with Crippen molar-refractivity contribution < 1.29 is 29.4 Å². The third-order valence-electron chi connectivity index (χ3n) is 4.17. The Labute approximate surface area is 149 Å². The predicted octanol–water partition coefficient (Wildman–Crippen LogP) is -0.290. The lowest BCUT2D eigenvalue weighted by Crippen LogP contribution is -2.46. The van der Waals surface area contributed by atoms with Crippen molar-refractivity contribution in [2.45, 2.75) is 24.5 Å². The van der Waals surface area contributed by atoms with E-state index < -0.39 is 31.1 Å². The zero-order valence-electron chi connectivity index (χ0n) is 13.7. The Balaban J connectivity index is 1.76. The van der Waals surface area contributed by atoms with Gasteiger partial charge < -0.3 is 25.4 Å². The predicted molar refractivity (Wildman–Crippen MR) is 88.8 cm³/mol. The quantitative estimate of drug-likeness (QED) is 0.558. The number of benzene rings is 1. The van der Waals surface area contributed by atoms with E-state index in [0.717, 1.165) is 0 Å². The highest BCUT2D eigenvalue weighted by molar-refractivity contribution is 6.03. The van der Waals surface area contributed by atoms with E-state index in [9.17, 15) is 20.1 Å². The topological polar surface area (TPSA) is 127 Å². The highest BCUT2D eigenvalue weighted by Crippen LogP contribution is 2.25. The van der Waals surface area contributed by atoms with Crippen LogP contribution in [0.5, 0.6) is 0 Å². The van der Waals surface area contributed by atoms with Crippen LogP contribution in [0.25, 0.3) is 0 Å². The molecule has 8 heteroatoms. The molecule has 0 bridgehead atoms. The molecular weight excluding hydrogens is 338 g/mol. The molecule has 4 atom stereocenters. The molecule has 0 radical (unpaired) electrons. The second kappa shape index (κ2) is 7.59. The number of carbonyl (C=O) groups excluding carboxylic acids is 1. The minimum Gasteiger partial charge on any atom is -0.394 e. The maximum Gasteiger partial charge on any atom is 0.292 e. The van der Waals surface area contributed by atoms with Gasteiger partial charge in [0.15, 0.2) is 18.5 Å². The monoisotopic (exact) mass is 356 g/mol. The summed E-state index contributed by atoms with van der Waals surface area (Å²) in [5, 5.41) is 40.6. The molecule has 0 saturated carbocycles. The maximum atomic E-state index is 12.4. The fourth-order valence-corrected chi connectivity index (χ4v) is 2.74. The van der Waals surface area contributed by atoms with Crippen molar-refractivity contribution in [1.82, 2.24) is 0 Å². The second-order valence-corrected chi connectivity index (χ2v) is 5.91. The molecule has 4 N–H and O–H groups in total. The summed E-state index contributed by atoms with van der Waals surface area (Å²) in [5.74, 6) is -0.379. The molecule has 134 valence electrons. The standard InChI is InChI=1S/C18H17N3O5/c19-8-11-3-5-13(6-4-11)20-17(25)12-2-1-7-21(9-12)18-16(24)15(23)14(10-22)26-18/h1-7,9,14-16,18,22-24H,10H2/p+1/t14-,15-,16-,18-/m1/s1. The molecule has 0 unspecified atom stereocenters. The molecule has 1 fully saturated rings. The van der Waals surface area contributed by atoms with Gasteiger partial charge in [-0.25, -0.2) is 0 Å². The Hall–Kier alpha value is -2.83. The zero-order chi connectivity index (χ0) is 18.7. The first-order valence-electron chi connectivity index (χ1n) is 7.98. The Morgan fingerprint density at radius 3 is 2.58 bits per heavy atom. The van der Waals surface area contributed by atoms with Crippen LogP contribution in [-0.4, -0.2) is 46.1 Å². The lowest BCUT2D eigenvalue weighted by molar-refractivity contribution is -0.765. The van der Waals surface area contributed by atoms with E-state index in [4.69, 9.17) is 10.00 Å². The van der Waals surface area contributed by atoms with Crippen molar-refractivity contribution in [3.8, 4) is 6.07 Å². The van der Waals surface area contributed by atoms with Crippen molar-refractivity contribution in [3.63, 3.8) is 0 Å². The van der Waals surface area contributed by atoms with E-state index in [1.165, 1.54) is 10.8 Å². The van der Waals surface area contributed by atoms with E-state index in [1.807, 2.05) is 6.07 Å². The fourth-order valence-electron chi connectivity index (χ4n) is 2.74. The van der Waals surface area contributed by atoms with Gasteiger partial charge in [-0.3, -0.25) is 4.79 Å². The molecule has 1 aromatic carbocycles. The molecule has 2 heterocycles. The van der Waals surface area contributed by atoms with Crippen LogP contribution in [0, 0.1) is 11.3 Å². The van der Waals surface area contributed by atoms with Gasteiger partial charge in [0.1, 0.15) is 17.8 Å². The molecule has 1 aliphatic rings. The van der Waals surface area contributed by atoms with E-state index >= 15 is 0 Å². The number of hydrogen-bond acceptors (Lipinski definition) is 6. The van der Waals surface area contributed by atoms with Crippen molar-refractivity contribution in [3.05, 3.63) is 59.9 Å². The van der Waals surface area contributed by atoms with Crippen molar-refractivity contribution in [2.24, 2.45) is 0 Å². The van der Waals surface area contributed by atoms with Crippen LogP contribution in [0.4, 0.5) is 5.69 Å². The van der Waals surface area contributed by atoms with Crippen molar-refractivity contribution >= 4 is 11.6 Å². The fraction of sp³-hybridized carbons (Fsp3) is 0.278. The van der Waals surface area contributed by atoms with Crippen molar-refractivity contribution in [1.29, 1.82) is 5.26 Å². The summed E-state index contributed by atoms with van der Waals surface area (Å²) in [5.41, 5.74) is 1.34. The van der Waals surface area contributed by atoms with E-state index in [2.05, 4.69) is 5.32 Å². The van der Waals surface area contributed by atoms with Gasteiger partial charge in [0.25, 0.3) is 12.1 Å². The first kappa shape index (κ1) is 18.0. The van der Waals surface area contributed by atoms with Crippen LogP contribution in [0.1, 0.15) is 22.1 Å². The number of aromatic nitrogens is 1. The molecule has 1 aromatic heterocycles. The van der Waals surface area contributed by atoms with Gasteiger partial charge in [-0.15, -0.1) is 0 Å². The third kappa shape index (κ3) is 3.56. The minimum atomic E-state index is -1.23. The van der Waals surface area contributed by atoms with Gasteiger partial charge in [-0.05, 0) is 30.3 Å². The highest BCUT2D eigenvalue weighted by Gasteiger charge is 2.47. The number of nitrogens with one attached hydrogen (secondary N) is 1. The van der Waals surface area contributed by atoms with Crippen LogP contribution < -0.4 is 9.88 Å². The molecule has 0 spiro atoms. The van der Waals surface area contributed by atoms with Gasteiger partial charge >= 0.3 is 0 Å². The van der Waals surface area contributed by atoms with Crippen LogP contribution in [0.3, 0.4) is 0 Å². The SMILES string of the molecule is N#Cc1ccc(NC(=O)c2ccc[n+]([C@@H]3O[C@H](CO)[C@@H](O)[C@H]3O)c2)cc1. The average Bonchev–Trinajstić information content (AvgIpc) is 2.97. The van der Waals surface area contributed by atoms with Crippen molar-refractivity contribution in [2.75, 3.05) is 11.9 Å². The van der Waals surface area contributed by atoms with E-state index in [-0.39, 0.29) is 5.91 Å². The van der Waals surface area contributed by atoms with Gasteiger partial charge in [-0.2, -0.15) is 9.83 Å². The Kier molecular flexibility index (Phi) is 5.25. The van der Waals surface area contributed by atoms with Crippen LogP contribution in [0.15, 0.2) is 48.8 Å².